The van der Waals surface area contributed by atoms with Crippen LogP contribution in [0.25, 0.3) is 11.1 Å². The number of piperazine rings is 1. The number of hydroxylamine groups is 1. The standard InChI is InChI=1S/C41H48N4O6/c46-29-31-15-17-33(18-16-31)38-25-37(28-45-21-19-44(20-22-45)27-30-7-2-1-3-8-30)50-41(51-38)36-12-5-11-35(24-36)34-10-4-9-32(23-34)26-42-39(47)13-6-14-40(48)43-49/h1-5,7-12,15-18,23-24,37-38,41,46,49H,6,13-14,19-22,25-29H2,(H,42,47)(H,43,48)/t37-,38+,41+/m0/s1. The van der Waals surface area contributed by atoms with Gasteiger partial charge in [-0.05, 0) is 51.9 Å². The topological polar surface area (TPSA) is 124 Å². The zero-order valence-electron chi connectivity index (χ0n) is 29.0. The van der Waals surface area contributed by atoms with Gasteiger partial charge >= 0.3 is 0 Å². The van der Waals surface area contributed by atoms with Crippen molar-refractivity contribution in [1.29, 1.82) is 0 Å². The predicted octanol–water partition coefficient (Wildman–Crippen LogP) is 5.50. The van der Waals surface area contributed by atoms with E-state index < -0.39 is 12.2 Å². The summed E-state index contributed by atoms with van der Waals surface area (Å²) >= 11 is 0. The summed E-state index contributed by atoms with van der Waals surface area (Å²) in [6, 6.07) is 35.0. The summed E-state index contributed by atoms with van der Waals surface area (Å²) in [6.07, 6.45) is 0.650. The number of benzene rings is 4. The van der Waals surface area contributed by atoms with Crippen LogP contribution in [0.4, 0.5) is 0 Å². The third kappa shape index (κ3) is 10.6. The highest BCUT2D eigenvalue weighted by Gasteiger charge is 2.34. The molecule has 2 aliphatic rings. The average Bonchev–Trinajstić information content (AvgIpc) is 3.18. The van der Waals surface area contributed by atoms with Crippen molar-refractivity contribution >= 4 is 11.8 Å². The van der Waals surface area contributed by atoms with Crippen molar-refractivity contribution in [3.63, 3.8) is 0 Å². The second kappa shape index (κ2) is 18.2. The third-order valence-electron chi connectivity index (χ3n) is 9.63. The largest absolute Gasteiger partial charge is 0.392 e. The molecule has 0 aliphatic carbocycles. The normalized spacial score (nSPS) is 19.8. The molecule has 4 N–H and O–H groups in total. The number of carbonyl (C=O) groups excluding carboxylic acids is 2. The Balaban J connectivity index is 1.12. The Morgan fingerprint density at radius 1 is 0.706 bits per heavy atom. The number of aliphatic hydroxyl groups is 1. The molecule has 0 unspecified atom stereocenters. The minimum Gasteiger partial charge on any atom is -0.392 e. The van der Waals surface area contributed by atoms with Crippen LogP contribution < -0.4 is 10.8 Å². The first-order valence-corrected chi connectivity index (χ1v) is 17.8. The van der Waals surface area contributed by atoms with Gasteiger partial charge in [-0.3, -0.25) is 24.6 Å². The van der Waals surface area contributed by atoms with Crippen LogP contribution >= 0.6 is 0 Å². The van der Waals surface area contributed by atoms with Gasteiger partial charge in [0.2, 0.25) is 11.8 Å². The van der Waals surface area contributed by atoms with E-state index in [1.807, 2.05) is 54.6 Å². The van der Waals surface area contributed by atoms with Crippen LogP contribution in [0.1, 0.15) is 65.9 Å². The maximum Gasteiger partial charge on any atom is 0.243 e. The molecule has 4 aromatic carbocycles. The number of ether oxygens (including phenoxy) is 2. The molecule has 2 saturated heterocycles. The molecule has 2 amide bonds. The summed E-state index contributed by atoms with van der Waals surface area (Å²) in [6.45, 7) is 6.17. The van der Waals surface area contributed by atoms with Crippen molar-refractivity contribution in [2.24, 2.45) is 0 Å². The van der Waals surface area contributed by atoms with Gasteiger partial charge in [0.1, 0.15) is 0 Å². The Hall–Kier alpha value is -4.42. The Morgan fingerprint density at radius 3 is 2.14 bits per heavy atom. The SMILES string of the molecule is O=C(CCCC(=O)NCc1cccc(-c2cccc([C@@H]3O[C@H](CN4CCN(Cc5ccccc5)CC4)C[C@H](c4ccc(CO)cc4)O3)c2)c1)NO. The van der Waals surface area contributed by atoms with Gasteiger partial charge in [0.05, 0.1) is 18.8 Å². The molecule has 4 aromatic rings. The fourth-order valence-corrected chi connectivity index (χ4v) is 6.77. The van der Waals surface area contributed by atoms with Gasteiger partial charge in [-0.25, -0.2) is 5.48 Å². The van der Waals surface area contributed by atoms with Gasteiger partial charge in [-0.1, -0.05) is 91.0 Å². The van der Waals surface area contributed by atoms with Crippen molar-refractivity contribution in [3.8, 4) is 11.1 Å². The van der Waals surface area contributed by atoms with Crippen LogP contribution in [-0.4, -0.2) is 70.8 Å². The van der Waals surface area contributed by atoms with Crippen molar-refractivity contribution in [2.45, 2.75) is 63.9 Å². The summed E-state index contributed by atoms with van der Waals surface area (Å²) in [5, 5.41) is 21.2. The van der Waals surface area contributed by atoms with Gasteiger partial charge in [0.25, 0.3) is 0 Å². The first-order valence-electron chi connectivity index (χ1n) is 17.8. The number of amides is 2. The Morgan fingerprint density at radius 2 is 1.39 bits per heavy atom. The van der Waals surface area contributed by atoms with Crippen molar-refractivity contribution in [2.75, 3.05) is 32.7 Å². The number of nitrogens with zero attached hydrogens (tertiary/aromatic N) is 2. The lowest BCUT2D eigenvalue weighted by molar-refractivity contribution is -0.253. The first kappa shape index (κ1) is 36.4. The summed E-state index contributed by atoms with van der Waals surface area (Å²) < 4.78 is 13.4. The molecule has 2 heterocycles. The molecule has 10 heteroatoms. The van der Waals surface area contributed by atoms with E-state index in [4.69, 9.17) is 14.7 Å². The zero-order chi connectivity index (χ0) is 35.4. The van der Waals surface area contributed by atoms with Crippen molar-refractivity contribution in [3.05, 3.63) is 131 Å². The van der Waals surface area contributed by atoms with E-state index in [9.17, 15) is 14.7 Å². The second-order valence-electron chi connectivity index (χ2n) is 13.4. The molecule has 0 aromatic heterocycles. The molecule has 0 spiro atoms. The van der Waals surface area contributed by atoms with Crippen LogP contribution in [0.3, 0.4) is 0 Å². The summed E-state index contributed by atoms with van der Waals surface area (Å²) in [5.41, 5.74) is 8.80. The number of hydrogen-bond acceptors (Lipinski definition) is 8. The highest BCUT2D eigenvalue weighted by molar-refractivity contribution is 5.78. The fraction of sp³-hybridized carbons (Fsp3) is 0.366. The van der Waals surface area contributed by atoms with Crippen LogP contribution in [0.5, 0.6) is 0 Å². The molecule has 3 atom stereocenters. The molecule has 268 valence electrons. The molecule has 51 heavy (non-hydrogen) atoms. The Kier molecular flexibility index (Phi) is 13.0. The van der Waals surface area contributed by atoms with Gasteiger partial charge < -0.3 is 19.9 Å². The van der Waals surface area contributed by atoms with Crippen LogP contribution in [0.15, 0.2) is 103 Å². The lowest BCUT2D eigenvalue weighted by Crippen LogP contribution is -2.49. The summed E-state index contributed by atoms with van der Waals surface area (Å²) in [5.74, 6) is -0.651. The van der Waals surface area contributed by atoms with E-state index >= 15 is 0 Å². The van der Waals surface area contributed by atoms with Crippen molar-refractivity contribution < 1.29 is 29.4 Å². The minimum atomic E-state index is -0.555. The van der Waals surface area contributed by atoms with Crippen molar-refractivity contribution in [1.82, 2.24) is 20.6 Å². The molecular weight excluding hydrogens is 644 g/mol. The molecule has 10 nitrogen and oxygen atoms in total. The smallest absolute Gasteiger partial charge is 0.243 e. The van der Waals surface area contributed by atoms with Crippen LogP contribution in [0.2, 0.25) is 0 Å². The maximum atomic E-state index is 12.3. The monoisotopic (exact) mass is 692 g/mol. The Bertz CT molecular complexity index is 1710. The lowest BCUT2D eigenvalue weighted by Gasteiger charge is -2.41. The Labute approximate surface area is 300 Å². The van der Waals surface area contributed by atoms with E-state index in [1.165, 1.54) is 5.56 Å². The van der Waals surface area contributed by atoms with Gasteiger partial charge in [-0.15, -0.1) is 0 Å². The van der Waals surface area contributed by atoms with E-state index in [-0.39, 0.29) is 37.6 Å². The zero-order valence-corrected chi connectivity index (χ0v) is 29.0. The quantitative estimate of drug-likeness (QED) is 0.101. The molecule has 6 rings (SSSR count). The van der Waals surface area contributed by atoms with Crippen LogP contribution in [-0.2, 0) is 38.8 Å². The molecule has 0 saturated carbocycles. The van der Waals surface area contributed by atoms with Crippen LogP contribution in [0, 0.1) is 0 Å². The number of nitrogens with one attached hydrogen (secondary N) is 2. The number of aliphatic hydroxyl groups excluding tert-OH is 1. The highest BCUT2D eigenvalue weighted by atomic mass is 16.7. The van der Waals surface area contributed by atoms with E-state index in [2.05, 4.69) is 63.6 Å². The molecule has 2 aliphatic heterocycles. The second-order valence-corrected chi connectivity index (χ2v) is 13.4. The van der Waals surface area contributed by atoms with E-state index in [0.29, 0.717) is 13.0 Å². The average molecular weight is 693 g/mol. The number of hydrogen-bond donors (Lipinski definition) is 4. The summed E-state index contributed by atoms with van der Waals surface area (Å²) in [4.78, 5) is 28.5. The first-order chi connectivity index (χ1) is 24.9. The molecule has 0 radical (unpaired) electrons. The number of carbonyl (C=O) groups is 2. The van der Waals surface area contributed by atoms with E-state index in [0.717, 1.165) is 79.1 Å². The molecular formula is C41H48N4O6. The van der Waals surface area contributed by atoms with E-state index in [1.54, 1.807) is 5.48 Å². The highest BCUT2D eigenvalue weighted by Crippen LogP contribution is 2.39. The molecule has 2 fully saturated rings. The lowest BCUT2D eigenvalue weighted by atomic mass is 9.98. The number of rotatable bonds is 14. The summed E-state index contributed by atoms with van der Waals surface area (Å²) in [7, 11) is 0. The van der Waals surface area contributed by atoms with Gasteiger partial charge in [0.15, 0.2) is 6.29 Å². The third-order valence-corrected chi connectivity index (χ3v) is 9.63. The fourth-order valence-electron chi connectivity index (χ4n) is 6.77. The van der Waals surface area contributed by atoms with Gasteiger partial charge in [0, 0.05) is 70.6 Å². The van der Waals surface area contributed by atoms with Gasteiger partial charge in [-0.2, -0.15) is 0 Å². The minimum absolute atomic E-state index is 0.00227. The maximum absolute atomic E-state index is 12.3. The predicted molar refractivity (Wildman–Crippen MR) is 194 cm³/mol. The molecule has 0 bridgehead atoms.